The fraction of sp³-hybridized carbons (Fsp3) is 0.417. The number of hydrogen-bond acceptors (Lipinski definition) is 2. The standard InChI is InChI=1S/C12H13F3N2O.ClH/c13-12(14,15)9-3-1-8(2-4-9)11(18)17-10-5-6-16-7-10;/h1-4,10,16H,5-7H2,(H,17,18);1H. The minimum atomic E-state index is -4.37. The SMILES string of the molecule is Cl.O=C(NC1CCNC1)c1ccc(C(F)(F)F)cc1. The van der Waals surface area contributed by atoms with Gasteiger partial charge in [0.1, 0.15) is 0 Å². The monoisotopic (exact) mass is 294 g/mol. The molecule has 2 N–H and O–H groups in total. The minimum absolute atomic E-state index is 0. The van der Waals surface area contributed by atoms with Crippen LogP contribution in [0.15, 0.2) is 24.3 Å². The van der Waals surface area contributed by atoms with Crippen LogP contribution in [0.2, 0.25) is 0 Å². The van der Waals surface area contributed by atoms with Gasteiger partial charge in [-0.3, -0.25) is 4.79 Å². The molecule has 3 nitrogen and oxygen atoms in total. The van der Waals surface area contributed by atoms with Crippen molar-refractivity contribution in [2.75, 3.05) is 13.1 Å². The molecule has 1 unspecified atom stereocenters. The lowest BCUT2D eigenvalue weighted by molar-refractivity contribution is -0.137. The van der Waals surface area contributed by atoms with Crippen molar-refractivity contribution in [3.8, 4) is 0 Å². The minimum Gasteiger partial charge on any atom is -0.348 e. The number of carbonyl (C=O) groups excluding carboxylic acids is 1. The summed E-state index contributed by atoms with van der Waals surface area (Å²) in [5.74, 6) is -0.336. The van der Waals surface area contributed by atoms with Gasteiger partial charge in [0.25, 0.3) is 5.91 Å². The van der Waals surface area contributed by atoms with Crippen molar-refractivity contribution in [1.29, 1.82) is 0 Å². The molecule has 0 saturated carbocycles. The molecule has 2 rings (SSSR count). The number of rotatable bonds is 2. The van der Waals surface area contributed by atoms with Crippen LogP contribution >= 0.6 is 12.4 Å². The van der Waals surface area contributed by atoms with Gasteiger partial charge in [0.2, 0.25) is 0 Å². The van der Waals surface area contributed by atoms with Crippen LogP contribution in [-0.4, -0.2) is 25.0 Å². The molecule has 1 amide bonds. The average Bonchev–Trinajstić information content (AvgIpc) is 2.81. The van der Waals surface area contributed by atoms with Gasteiger partial charge in [-0.1, -0.05) is 0 Å². The Morgan fingerprint density at radius 3 is 2.37 bits per heavy atom. The van der Waals surface area contributed by atoms with E-state index >= 15 is 0 Å². The molecule has 106 valence electrons. The maximum absolute atomic E-state index is 12.3. The number of alkyl halides is 3. The number of hydrogen-bond donors (Lipinski definition) is 2. The third-order valence-corrected chi connectivity index (χ3v) is 2.87. The molecule has 0 radical (unpaired) electrons. The van der Waals surface area contributed by atoms with E-state index in [9.17, 15) is 18.0 Å². The smallest absolute Gasteiger partial charge is 0.348 e. The highest BCUT2D eigenvalue weighted by atomic mass is 35.5. The van der Waals surface area contributed by atoms with Gasteiger partial charge >= 0.3 is 6.18 Å². The van der Waals surface area contributed by atoms with E-state index in [-0.39, 0.29) is 29.9 Å². The molecule has 7 heteroatoms. The molecule has 1 aromatic carbocycles. The van der Waals surface area contributed by atoms with Crippen molar-refractivity contribution in [2.24, 2.45) is 0 Å². The Hall–Kier alpha value is -1.27. The Balaban J connectivity index is 0.00000180. The summed E-state index contributed by atoms with van der Waals surface area (Å²) in [7, 11) is 0. The first-order valence-corrected chi connectivity index (χ1v) is 5.65. The molecule has 1 aliphatic rings. The Morgan fingerprint density at radius 2 is 1.89 bits per heavy atom. The summed E-state index contributed by atoms with van der Waals surface area (Å²) in [6.45, 7) is 1.55. The third-order valence-electron chi connectivity index (χ3n) is 2.87. The highest BCUT2D eigenvalue weighted by Gasteiger charge is 2.30. The van der Waals surface area contributed by atoms with E-state index in [1.807, 2.05) is 0 Å². The van der Waals surface area contributed by atoms with Gasteiger partial charge in [-0.05, 0) is 37.2 Å². The fourth-order valence-corrected chi connectivity index (χ4v) is 1.86. The molecule has 0 aromatic heterocycles. The number of halogens is 4. The van der Waals surface area contributed by atoms with Crippen molar-refractivity contribution < 1.29 is 18.0 Å². The molecule has 1 aromatic rings. The third kappa shape index (κ3) is 4.11. The molecule has 1 saturated heterocycles. The van der Waals surface area contributed by atoms with Crippen molar-refractivity contribution in [1.82, 2.24) is 10.6 Å². The van der Waals surface area contributed by atoms with Gasteiger partial charge in [-0.2, -0.15) is 13.2 Å². The maximum atomic E-state index is 12.3. The topological polar surface area (TPSA) is 41.1 Å². The van der Waals surface area contributed by atoms with Crippen LogP contribution < -0.4 is 10.6 Å². The normalized spacial score (nSPS) is 18.8. The van der Waals surface area contributed by atoms with Gasteiger partial charge in [0.15, 0.2) is 0 Å². The highest BCUT2D eigenvalue weighted by molar-refractivity contribution is 5.94. The first kappa shape index (κ1) is 15.8. The summed E-state index contributed by atoms with van der Waals surface area (Å²) >= 11 is 0. The summed E-state index contributed by atoms with van der Waals surface area (Å²) in [6.07, 6.45) is -3.53. The molecule has 19 heavy (non-hydrogen) atoms. The predicted molar refractivity (Wildman–Crippen MR) is 67.4 cm³/mol. The maximum Gasteiger partial charge on any atom is 0.416 e. The largest absolute Gasteiger partial charge is 0.416 e. The van der Waals surface area contributed by atoms with Crippen molar-refractivity contribution >= 4 is 18.3 Å². The van der Waals surface area contributed by atoms with Gasteiger partial charge in [-0.25, -0.2) is 0 Å². The van der Waals surface area contributed by atoms with Crippen LogP contribution in [0, 0.1) is 0 Å². The molecular formula is C12H14ClF3N2O. The van der Waals surface area contributed by atoms with E-state index in [2.05, 4.69) is 10.6 Å². The molecule has 1 atom stereocenters. The molecule has 0 spiro atoms. The lowest BCUT2D eigenvalue weighted by Crippen LogP contribution is -2.36. The fourth-order valence-electron chi connectivity index (χ4n) is 1.86. The Labute approximate surface area is 115 Å². The summed E-state index contributed by atoms with van der Waals surface area (Å²) in [5.41, 5.74) is -0.503. The number of benzene rings is 1. The zero-order chi connectivity index (χ0) is 13.2. The number of amides is 1. The van der Waals surface area contributed by atoms with E-state index in [4.69, 9.17) is 0 Å². The second kappa shape index (κ2) is 6.25. The molecular weight excluding hydrogens is 281 g/mol. The second-order valence-corrected chi connectivity index (χ2v) is 4.24. The van der Waals surface area contributed by atoms with Crippen molar-refractivity contribution in [2.45, 2.75) is 18.6 Å². The molecule has 0 bridgehead atoms. The number of carbonyl (C=O) groups is 1. The van der Waals surface area contributed by atoms with Gasteiger partial charge in [0.05, 0.1) is 5.56 Å². The van der Waals surface area contributed by atoms with Gasteiger partial charge in [0, 0.05) is 18.2 Å². The molecule has 1 fully saturated rings. The highest BCUT2D eigenvalue weighted by Crippen LogP contribution is 2.29. The van der Waals surface area contributed by atoms with E-state index in [0.29, 0.717) is 6.54 Å². The van der Waals surface area contributed by atoms with E-state index in [0.717, 1.165) is 25.1 Å². The molecule has 1 aliphatic heterocycles. The van der Waals surface area contributed by atoms with Gasteiger partial charge < -0.3 is 10.6 Å². The summed E-state index contributed by atoms with van der Waals surface area (Å²) < 4.78 is 37.0. The van der Waals surface area contributed by atoms with Crippen molar-refractivity contribution in [3.05, 3.63) is 35.4 Å². The average molecular weight is 295 g/mol. The first-order chi connectivity index (χ1) is 8.47. The second-order valence-electron chi connectivity index (χ2n) is 4.24. The van der Waals surface area contributed by atoms with E-state index < -0.39 is 11.7 Å². The van der Waals surface area contributed by atoms with Crippen LogP contribution in [0.4, 0.5) is 13.2 Å². The Kier molecular flexibility index (Phi) is 5.20. The zero-order valence-corrected chi connectivity index (χ0v) is 10.8. The van der Waals surface area contributed by atoms with E-state index in [1.165, 1.54) is 12.1 Å². The molecule has 1 heterocycles. The summed E-state index contributed by atoms with van der Waals surface area (Å²) in [4.78, 5) is 11.7. The first-order valence-electron chi connectivity index (χ1n) is 5.65. The predicted octanol–water partition coefficient (Wildman–Crippen LogP) is 2.22. The Morgan fingerprint density at radius 1 is 1.26 bits per heavy atom. The van der Waals surface area contributed by atoms with Crippen LogP contribution in [0.3, 0.4) is 0 Å². The van der Waals surface area contributed by atoms with E-state index in [1.54, 1.807) is 0 Å². The lowest BCUT2D eigenvalue weighted by Gasteiger charge is -2.12. The van der Waals surface area contributed by atoms with Crippen LogP contribution in [-0.2, 0) is 6.18 Å². The van der Waals surface area contributed by atoms with Crippen molar-refractivity contribution in [3.63, 3.8) is 0 Å². The molecule has 0 aliphatic carbocycles. The van der Waals surface area contributed by atoms with Crippen LogP contribution in [0.5, 0.6) is 0 Å². The quantitative estimate of drug-likeness (QED) is 0.878. The van der Waals surface area contributed by atoms with Crippen LogP contribution in [0.25, 0.3) is 0 Å². The summed E-state index contributed by atoms with van der Waals surface area (Å²) in [5, 5.41) is 5.87. The summed E-state index contributed by atoms with van der Waals surface area (Å²) in [6, 6.07) is 4.28. The lowest BCUT2D eigenvalue weighted by atomic mass is 10.1. The Bertz CT molecular complexity index is 428. The van der Waals surface area contributed by atoms with Crippen LogP contribution in [0.1, 0.15) is 22.3 Å². The zero-order valence-electron chi connectivity index (χ0n) is 9.96. The number of nitrogens with one attached hydrogen (secondary N) is 2. The van der Waals surface area contributed by atoms with Gasteiger partial charge in [-0.15, -0.1) is 12.4 Å².